The molecule has 0 aliphatic heterocycles. The summed E-state index contributed by atoms with van der Waals surface area (Å²) < 4.78 is 1.73. The average molecular weight is 281 g/mol. The fraction of sp³-hybridized carbons (Fsp3) is 0.583. The van der Waals surface area contributed by atoms with E-state index in [1.165, 1.54) is 0 Å². The van der Waals surface area contributed by atoms with E-state index in [1.54, 1.807) is 16.4 Å². The van der Waals surface area contributed by atoms with Crippen molar-refractivity contribution in [2.45, 2.75) is 20.3 Å². The molecule has 0 spiro atoms. The molecule has 0 saturated heterocycles. The second-order valence-electron chi connectivity index (χ2n) is 4.57. The van der Waals surface area contributed by atoms with Gasteiger partial charge in [-0.25, -0.2) is 4.68 Å². The van der Waals surface area contributed by atoms with E-state index < -0.39 is 0 Å². The molecule has 0 aromatic carbocycles. The van der Waals surface area contributed by atoms with Crippen LogP contribution < -0.4 is 5.32 Å². The second-order valence-corrected chi connectivity index (χ2v) is 5.48. The molecule has 2 rings (SSSR count). The third-order valence-corrected chi connectivity index (χ3v) is 3.89. The summed E-state index contributed by atoms with van der Waals surface area (Å²) in [5, 5.41) is 15.3. The first-order valence-electron chi connectivity index (χ1n) is 6.28. The van der Waals surface area contributed by atoms with Crippen molar-refractivity contribution in [3.63, 3.8) is 0 Å². The van der Waals surface area contributed by atoms with Crippen molar-refractivity contribution in [1.82, 2.24) is 20.0 Å². The number of H-pyrrole nitrogens is 1. The SMILES string of the molecule is CCc1nn(C)c2n[nH]c(NC(=O)[C@H](C)CSC)c12. The minimum atomic E-state index is -0.0323. The molecule has 2 N–H and O–H groups in total. The van der Waals surface area contributed by atoms with Crippen LogP contribution in [0.1, 0.15) is 19.5 Å². The predicted molar refractivity (Wildman–Crippen MR) is 78.4 cm³/mol. The van der Waals surface area contributed by atoms with Crippen LogP contribution in [0.4, 0.5) is 5.82 Å². The molecule has 0 radical (unpaired) electrons. The first-order chi connectivity index (χ1) is 9.08. The van der Waals surface area contributed by atoms with Crippen molar-refractivity contribution in [1.29, 1.82) is 0 Å². The van der Waals surface area contributed by atoms with Crippen LogP contribution >= 0.6 is 11.8 Å². The van der Waals surface area contributed by atoms with Crippen molar-refractivity contribution >= 4 is 34.5 Å². The van der Waals surface area contributed by atoms with Gasteiger partial charge < -0.3 is 5.32 Å². The molecule has 2 heterocycles. The molecule has 0 aliphatic carbocycles. The summed E-state index contributed by atoms with van der Waals surface area (Å²) in [6.45, 7) is 3.96. The number of anilines is 1. The number of thioether (sulfide) groups is 1. The van der Waals surface area contributed by atoms with Crippen LogP contribution in [0.3, 0.4) is 0 Å². The number of amides is 1. The number of nitrogens with zero attached hydrogens (tertiary/aromatic N) is 3. The maximum Gasteiger partial charge on any atom is 0.229 e. The van der Waals surface area contributed by atoms with Gasteiger partial charge in [0.05, 0.1) is 11.1 Å². The van der Waals surface area contributed by atoms with Gasteiger partial charge in [-0.3, -0.25) is 9.89 Å². The van der Waals surface area contributed by atoms with Crippen LogP contribution in [0.2, 0.25) is 0 Å². The molecule has 0 bridgehead atoms. The topological polar surface area (TPSA) is 75.6 Å². The van der Waals surface area contributed by atoms with Gasteiger partial charge in [0.1, 0.15) is 5.82 Å². The van der Waals surface area contributed by atoms with Gasteiger partial charge in [0, 0.05) is 18.7 Å². The largest absolute Gasteiger partial charge is 0.310 e. The van der Waals surface area contributed by atoms with Crippen molar-refractivity contribution in [3.05, 3.63) is 5.69 Å². The van der Waals surface area contributed by atoms with E-state index >= 15 is 0 Å². The van der Waals surface area contributed by atoms with Crippen LogP contribution in [0, 0.1) is 5.92 Å². The summed E-state index contributed by atoms with van der Waals surface area (Å²) in [7, 11) is 1.85. The minimum absolute atomic E-state index is 0.00538. The highest BCUT2D eigenvalue weighted by atomic mass is 32.2. The molecule has 104 valence electrons. The molecule has 0 unspecified atom stereocenters. The Kier molecular flexibility index (Phi) is 4.14. The lowest BCUT2D eigenvalue weighted by Crippen LogP contribution is -2.22. The minimum Gasteiger partial charge on any atom is -0.310 e. The maximum atomic E-state index is 12.1. The van der Waals surface area contributed by atoms with Gasteiger partial charge in [0.2, 0.25) is 5.91 Å². The first-order valence-corrected chi connectivity index (χ1v) is 7.67. The molecule has 0 aliphatic rings. The van der Waals surface area contributed by atoms with Crippen molar-refractivity contribution in [2.24, 2.45) is 13.0 Å². The highest BCUT2D eigenvalue weighted by Gasteiger charge is 2.19. The second kappa shape index (κ2) is 5.64. The van der Waals surface area contributed by atoms with Crippen LogP contribution in [-0.4, -0.2) is 37.9 Å². The van der Waals surface area contributed by atoms with E-state index in [-0.39, 0.29) is 11.8 Å². The Bertz CT molecular complexity index is 588. The standard InChI is InChI=1S/C12H19N5OS/c1-5-8-9-10(13-12(18)7(2)6-19-4)14-15-11(9)17(3)16-8/h7H,5-6H2,1-4H3,(H2,13,14,15,18)/t7-/m1/s1. The van der Waals surface area contributed by atoms with Gasteiger partial charge in [0.15, 0.2) is 5.65 Å². The summed E-state index contributed by atoms with van der Waals surface area (Å²) in [5.74, 6) is 1.43. The molecule has 0 fully saturated rings. The zero-order chi connectivity index (χ0) is 14.0. The molecule has 2 aromatic rings. The zero-order valence-electron chi connectivity index (χ0n) is 11.6. The Balaban J connectivity index is 2.28. The molecule has 19 heavy (non-hydrogen) atoms. The third-order valence-electron chi connectivity index (χ3n) is 3.06. The number of aryl methyl sites for hydroxylation is 2. The quantitative estimate of drug-likeness (QED) is 0.876. The number of hydrogen-bond donors (Lipinski definition) is 2. The fourth-order valence-electron chi connectivity index (χ4n) is 2.03. The summed E-state index contributed by atoms with van der Waals surface area (Å²) in [4.78, 5) is 12.1. The number of nitrogens with one attached hydrogen (secondary N) is 2. The van der Waals surface area contributed by atoms with E-state index in [0.29, 0.717) is 5.82 Å². The number of aromatic nitrogens is 4. The number of rotatable bonds is 5. The Labute approximate surface area is 116 Å². The van der Waals surface area contributed by atoms with E-state index in [9.17, 15) is 4.79 Å². The van der Waals surface area contributed by atoms with Crippen LogP contribution in [0.15, 0.2) is 0 Å². The van der Waals surface area contributed by atoms with Crippen LogP contribution in [-0.2, 0) is 18.3 Å². The van der Waals surface area contributed by atoms with Gasteiger partial charge in [0.25, 0.3) is 0 Å². The molecular weight excluding hydrogens is 262 g/mol. The highest BCUT2D eigenvalue weighted by molar-refractivity contribution is 7.98. The molecule has 7 heteroatoms. The van der Waals surface area contributed by atoms with E-state index in [1.807, 2.05) is 27.2 Å². The number of hydrogen-bond acceptors (Lipinski definition) is 4. The molecule has 0 saturated carbocycles. The number of fused-ring (bicyclic) bond motifs is 1. The summed E-state index contributed by atoms with van der Waals surface area (Å²) in [6, 6.07) is 0. The van der Waals surface area contributed by atoms with Crippen molar-refractivity contribution in [2.75, 3.05) is 17.3 Å². The third kappa shape index (κ3) is 2.60. The Morgan fingerprint density at radius 1 is 1.58 bits per heavy atom. The number of aromatic amines is 1. The van der Waals surface area contributed by atoms with E-state index in [4.69, 9.17) is 0 Å². The van der Waals surface area contributed by atoms with Gasteiger partial charge in [-0.05, 0) is 12.7 Å². The monoisotopic (exact) mass is 281 g/mol. The fourth-order valence-corrected chi connectivity index (χ4v) is 2.68. The lowest BCUT2D eigenvalue weighted by molar-refractivity contribution is -0.118. The first kappa shape index (κ1) is 13.9. The number of carbonyl (C=O) groups excluding carboxylic acids is 1. The number of carbonyl (C=O) groups is 1. The molecule has 1 atom stereocenters. The summed E-state index contributed by atoms with van der Waals surface area (Å²) in [6.07, 6.45) is 2.80. The Morgan fingerprint density at radius 2 is 2.32 bits per heavy atom. The Morgan fingerprint density at radius 3 is 2.95 bits per heavy atom. The highest BCUT2D eigenvalue weighted by Crippen LogP contribution is 2.24. The lowest BCUT2D eigenvalue weighted by atomic mass is 10.2. The molecule has 6 nitrogen and oxygen atoms in total. The Hall–Kier alpha value is -1.50. The molecule has 2 aromatic heterocycles. The predicted octanol–water partition coefficient (Wildman–Crippen LogP) is 1.80. The van der Waals surface area contributed by atoms with Crippen molar-refractivity contribution in [3.8, 4) is 0 Å². The smallest absolute Gasteiger partial charge is 0.229 e. The zero-order valence-corrected chi connectivity index (χ0v) is 12.5. The van der Waals surface area contributed by atoms with Gasteiger partial charge in [-0.2, -0.15) is 22.0 Å². The summed E-state index contributed by atoms with van der Waals surface area (Å²) >= 11 is 1.66. The average Bonchev–Trinajstić information content (AvgIpc) is 2.92. The van der Waals surface area contributed by atoms with Gasteiger partial charge >= 0.3 is 0 Å². The van der Waals surface area contributed by atoms with Gasteiger partial charge in [-0.1, -0.05) is 13.8 Å². The summed E-state index contributed by atoms with van der Waals surface area (Å²) in [5.41, 5.74) is 1.71. The maximum absolute atomic E-state index is 12.1. The molecule has 1 amide bonds. The van der Waals surface area contributed by atoms with E-state index in [0.717, 1.165) is 28.9 Å². The van der Waals surface area contributed by atoms with Crippen LogP contribution in [0.5, 0.6) is 0 Å². The molecular formula is C12H19N5OS. The van der Waals surface area contributed by atoms with Crippen LogP contribution in [0.25, 0.3) is 11.0 Å². The van der Waals surface area contributed by atoms with Crippen molar-refractivity contribution < 1.29 is 4.79 Å². The normalized spacial score (nSPS) is 12.8. The lowest BCUT2D eigenvalue weighted by Gasteiger charge is -2.09. The van der Waals surface area contributed by atoms with Gasteiger partial charge in [-0.15, -0.1) is 0 Å². The van der Waals surface area contributed by atoms with E-state index in [2.05, 4.69) is 20.6 Å².